The molecule has 2 aromatic rings. The maximum absolute atomic E-state index is 12.0. The van der Waals surface area contributed by atoms with Crippen molar-refractivity contribution in [3.8, 4) is 17.1 Å². The van der Waals surface area contributed by atoms with Gasteiger partial charge in [-0.05, 0) is 39.4 Å². The van der Waals surface area contributed by atoms with Crippen LogP contribution in [0, 0.1) is 6.92 Å². The zero-order chi connectivity index (χ0) is 26.5. The second kappa shape index (κ2) is 12.1. The van der Waals surface area contributed by atoms with Crippen LogP contribution in [0.5, 0.6) is 5.75 Å². The maximum Gasteiger partial charge on any atom is 0.219 e. The number of aromatic nitrogens is 2. The van der Waals surface area contributed by atoms with Gasteiger partial charge in [0.05, 0.1) is 12.6 Å². The molecule has 0 aliphatic carbocycles. The number of rotatable bonds is 9. The summed E-state index contributed by atoms with van der Waals surface area (Å²) in [5, 5.41) is 13.0. The molecule has 0 saturated carbocycles. The van der Waals surface area contributed by atoms with Gasteiger partial charge in [-0.15, -0.1) is 0 Å². The molecule has 2 aliphatic rings. The minimum Gasteiger partial charge on any atom is -0.491 e. The number of benzene rings is 1. The Labute approximate surface area is 219 Å². The number of nitrogens with zero attached hydrogens (tertiary/aromatic N) is 5. The molecule has 1 amide bonds. The summed E-state index contributed by atoms with van der Waals surface area (Å²) in [5.74, 6) is 3.14. The SMILES string of the molecule is CNCC(O)COc1cccc(-c2nc(N3CCN(C(C)=O)[C@@H](C)C3)c(C)c(N(C)[C@@H]3CCOC3)n2)c1. The van der Waals surface area contributed by atoms with Crippen LogP contribution in [0.3, 0.4) is 0 Å². The minimum atomic E-state index is -0.597. The van der Waals surface area contributed by atoms with E-state index in [1.165, 1.54) is 0 Å². The Balaban J connectivity index is 1.68. The summed E-state index contributed by atoms with van der Waals surface area (Å²) in [5.41, 5.74) is 1.86. The van der Waals surface area contributed by atoms with Crippen molar-refractivity contribution < 1.29 is 19.4 Å². The lowest BCUT2D eigenvalue weighted by molar-refractivity contribution is -0.131. The Bertz CT molecular complexity index is 1080. The molecule has 10 heteroatoms. The van der Waals surface area contributed by atoms with Gasteiger partial charge in [0.2, 0.25) is 5.91 Å². The van der Waals surface area contributed by atoms with E-state index >= 15 is 0 Å². The van der Waals surface area contributed by atoms with Gasteiger partial charge in [-0.2, -0.15) is 0 Å². The van der Waals surface area contributed by atoms with Crippen LogP contribution in [0.2, 0.25) is 0 Å². The molecule has 10 nitrogen and oxygen atoms in total. The number of anilines is 2. The van der Waals surface area contributed by atoms with E-state index in [4.69, 9.17) is 19.4 Å². The highest BCUT2D eigenvalue weighted by atomic mass is 16.5. The van der Waals surface area contributed by atoms with Crippen molar-refractivity contribution in [1.82, 2.24) is 20.2 Å². The molecule has 3 heterocycles. The molecule has 2 N–H and O–H groups in total. The number of aliphatic hydroxyl groups is 1. The molecular formula is C27H40N6O4. The minimum absolute atomic E-state index is 0.0919. The summed E-state index contributed by atoms with van der Waals surface area (Å²) < 4.78 is 11.5. The van der Waals surface area contributed by atoms with E-state index in [9.17, 15) is 9.90 Å². The number of piperazine rings is 1. The second-order valence-corrected chi connectivity index (χ2v) is 10.0. The summed E-state index contributed by atoms with van der Waals surface area (Å²) in [6, 6.07) is 8.03. The average Bonchev–Trinajstić information content (AvgIpc) is 3.42. The molecule has 2 fully saturated rings. The van der Waals surface area contributed by atoms with Crippen LogP contribution < -0.4 is 19.9 Å². The fourth-order valence-corrected chi connectivity index (χ4v) is 5.10. The first-order valence-electron chi connectivity index (χ1n) is 13.1. The number of carbonyl (C=O) groups excluding carboxylic acids is 1. The fourth-order valence-electron chi connectivity index (χ4n) is 5.10. The van der Waals surface area contributed by atoms with Crippen LogP contribution in [0.15, 0.2) is 24.3 Å². The van der Waals surface area contributed by atoms with Crippen LogP contribution in [0.4, 0.5) is 11.6 Å². The average molecular weight is 513 g/mol. The third kappa shape index (κ3) is 6.31. The van der Waals surface area contributed by atoms with E-state index < -0.39 is 6.10 Å². The molecule has 4 rings (SSSR count). The molecule has 0 radical (unpaired) electrons. The molecule has 1 aromatic heterocycles. The summed E-state index contributed by atoms with van der Waals surface area (Å²) in [6.45, 7) is 9.95. The standard InChI is InChI=1S/C27H40N6O4/c1-18-15-32(10-11-33(18)20(3)34)27-19(2)26(31(5)22-9-12-36-16-22)29-25(30-27)21-7-6-8-24(13-21)37-17-23(35)14-28-4/h6-8,13,18,22-23,28,35H,9-12,14-17H2,1-5H3/t18-,22+,23?/m0/s1. The van der Waals surface area contributed by atoms with Crippen LogP contribution >= 0.6 is 0 Å². The number of ether oxygens (including phenoxy) is 2. The molecule has 37 heavy (non-hydrogen) atoms. The van der Waals surface area contributed by atoms with Crippen molar-refractivity contribution >= 4 is 17.5 Å². The maximum atomic E-state index is 12.0. The number of hydrogen-bond acceptors (Lipinski definition) is 9. The van der Waals surface area contributed by atoms with E-state index in [0.29, 0.717) is 44.4 Å². The van der Waals surface area contributed by atoms with Gasteiger partial charge in [-0.3, -0.25) is 4.79 Å². The number of amides is 1. The Hall–Kier alpha value is -2.95. The topological polar surface area (TPSA) is 103 Å². The number of carbonyl (C=O) groups is 1. The number of hydrogen-bond donors (Lipinski definition) is 2. The van der Waals surface area contributed by atoms with E-state index in [1.54, 1.807) is 14.0 Å². The highest BCUT2D eigenvalue weighted by Gasteiger charge is 2.30. The molecular weight excluding hydrogens is 472 g/mol. The van der Waals surface area contributed by atoms with Gasteiger partial charge >= 0.3 is 0 Å². The molecule has 2 aliphatic heterocycles. The predicted molar refractivity (Wildman–Crippen MR) is 144 cm³/mol. The van der Waals surface area contributed by atoms with Crippen molar-refractivity contribution in [3.63, 3.8) is 0 Å². The zero-order valence-corrected chi connectivity index (χ0v) is 22.6. The lowest BCUT2D eigenvalue weighted by atomic mass is 10.1. The van der Waals surface area contributed by atoms with Gasteiger partial charge in [0, 0.05) is 63.9 Å². The highest BCUT2D eigenvalue weighted by Crippen LogP contribution is 2.33. The summed E-state index contributed by atoms with van der Waals surface area (Å²) in [7, 11) is 3.87. The fraction of sp³-hybridized carbons (Fsp3) is 0.593. The monoisotopic (exact) mass is 512 g/mol. The first-order valence-corrected chi connectivity index (χ1v) is 13.1. The van der Waals surface area contributed by atoms with Crippen molar-refractivity contribution in [3.05, 3.63) is 29.8 Å². The normalized spacial score (nSPS) is 20.7. The number of aliphatic hydroxyl groups excluding tert-OH is 1. The van der Waals surface area contributed by atoms with Gasteiger partial charge in [0.25, 0.3) is 0 Å². The Morgan fingerprint density at radius 2 is 2.16 bits per heavy atom. The number of nitrogens with one attached hydrogen (secondary N) is 1. The summed E-state index contributed by atoms with van der Waals surface area (Å²) in [4.78, 5) is 28.5. The lowest BCUT2D eigenvalue weighted by Gasteiger charge is -2.41. The van der Waals surface area contributed by atoms with Crippen LogP contribution in [0.25, 0.3) is 11.4 Å². The van der Waals surface area contributed by atoms with E-state index in [1.807, 2.05) is 29.2 Å². The zero-order valence-electron chi connectivity index (χ0n) is 22.6. The molecule has 2 saturated heterocycles. The molecule has 0 spiro atoms. The first kappa shape index (κ1) is 27.1. The number of likely N-dealkylation sites (N-methyl/N-ethyl adjacent to an activating group) is 2. The van der Waals surface area contributed by atoms with Crippen molar-refractivity contribution in [1.29, 1.82) is 0 Å². The Morgan fingerprint density at radius 3 is 2.84 bits per heavy atom. The van der Waals surface area contributed by atoms with Gasteiger partial charge < -0.3 is 34.6 Å². The predicted octanol–water partition coefficient (Wildman–Crippen LogP) is 1.69. The molecule has 1 aromatic carbocycles. The third-order valence-electron chi connectivity index (χ3n) is 7.19. The van der Waals surface area contributed by atoms with Gasteiger partial charge in [0.1, 0.15) is 30.1 Å². The Morgan fingerprint density at radius 1 is 1.35 bits per heavy atom. The lowest BCUT2D eigenvalue weighted by Crippen LogP contribution is -2.54. The van der Waals surface area contributed by atoms with Crippen molar-refractivity contribution in [2.75, 3.05) is 69.9 Å². The summed E-state index contributed by atoms with van der Waals surface area (Å²) in [6.07, 6.45) is 0.359. The molecule has 0 bridgehead atoms. The van der Waals surface area contributed by atoms with Crippen LogP contribution in [-0.4, -0.2) is 104 Å². The quantitative estimate of drug-likeness (QED) is 0.520. The summed E-state index contributed by atoms with van der Waals surface area (Å²) >= 11 is 0. The van der Waals surface area contributed by atoms with Crippen LogP contribution in [-0.2, 0) is 9.53 Å². The van der Waals surface area contributed by atoms with Gasteiger partial charge in [-0.1, -0.05) is 12.1 Å². The Kier molecular flexibility index (Phi) is 8.83. The van der Waals surface area contributed by atoms with Gasteiger partial charge in [0.15, 0.2) is 5.82 Å². The van der Waals surface area contributed by atoms with E-state index in [-0.39, 0.29) is 24.6 Å². The van der Waals surface area contributed by atoms with Crippen molar-refractivity contribution in [2.24, 2.45) is 0 Å². The highest BCUT2D eigenvalue weighted by molar-refractivity contribution is 5.74. The smallest absolute Gasteiger partial charge is 0.219 e. The van der Waals surface area contributed by atoms with E-state index in [0.717, 1.165) is 35.8 Å². The molecule has 1 unspecified atom stereocenters. The van der Waals surface area contributed by atoms with Crippen molar-refractivity contribution in [2.45, 2.75) is 45.4 Å². The molecule has 3 atom stereocenters. The first-order chi connectivity index (χ1) is 17.8. The molecule has 202 valence electrons. The van der Waals surface area contributed by atoms with Gasteiger partial charge in [-0.25, -0.2) is 9.97 Å². The second-order valence-electron chi connectivity index (χ2n) is 10.0. The van der Waals surface area contributed by atoms with E-state index in [2.05, 4.69) is 36.0 Å². The van der Waals surface area contributed by atoms with Crippen LogP contribution in [0.1, 0.15) is 25.8 Å². The largest absolute Gasteiger partial charge is 0.491 e. The third-order valence-corrected chi connectivity index (χ3v) is 7.19.